The Labute approximate surface area is 120 Å². The van der Waals surface area contributed by atoms with Gasteiger partial charge in [-0.2, -0.15) is 13.2 Å². The molecule has 1 fully saturated rings. The van der Waals surface area contributed by atoms with Crippen molar-refractivity contribution in [1.29, 1.82) is 0 Å². The van der Waals surface area contributed by atoms with Gasteiger partial charge in [-0.15, -0.1) is 0 Å². The summed E-state index contributed by atoms with van der Waals surface area (Å²) < 4.78 is 37.7. The number of alkyl halides is 3. The summed E-state index contributed by atoms with van der Waals surface area (Å²) in [5.41, 5.74) is 0.685. The molecule has 1 nitrogen and oxygen atoms in total. The fourth-order valence-electron chi connectivity index (χ4n) is 2.40. The van der Waals surface area contributed by atoms with Crippen LogP contribution >= 0.6 is 23.2 Å². The third-order valence-corrected chi connectivity index (χ3v) is 4.32. The molecule has 0 bridgehead atoms. The van der Waals surface area contributed by atoms with Gasteiger partial charge in [-0.05, 0) is 37.8 Å². The second-order valence-electron chi connectivity index (χ2n) is 4.84. The molecule has 0 radical (unpaired) electrons. The minimum Gasteiger partial charge on any atom is -0.381 e. The largest absolute Gasteiger partial charge is 0.391 e. The lowest BCUT2D eigenvalue weighted by molar-refractivity contribution is -0.182. The van der Waals surface area contributed by atoms with E-state index in [-0.39, 0.29) is 18.9 Å². The van der Waals surface area contributed by atoms with Crippen LogP contribution in [0.3, 0.4) is 0 Å². The maximum Gasteiger partial charge on any atom is 0.391 e. The monoisotopic (exact) mass is 311 g/mol. The van der Waals surface area contributed by atoms with Gasteiger partial charge in [0, 0.05) is 6.04 Å². The fraction of sp³-hybridized carbons (Fsp3) is 0.538. The fourth-order valence-corrected chi connectivity index (χ4v) is 2.76. The highest BCUT2D eigenvalue weighted by molar-refractivity contribution is 6.43. The molecule has 0 unspecified atom stereocenters. The molecule has 0 aromatic heterocycles. The first-order valence-corrected chi connectivity index (χ1v) is 6.91. The molecule has 1 N–H and O–H groups in total. The number of hydrogen-bond acceptors (Lipinski definition) is 1. The highest BCUT2D eigenvalue weighted by Gasteiger charge is 2.41. The predicted octanol–water partition coefficient (Wildman–Crippen LogP) is 5.53. The normalized spacial score (nSPS) is 24.3. The second-order valence-corrected chi connectivity index (χ2v) is 5.62. The molecule has 0 atom stereocenters. The van der Waals surface area contributed by atoms with Gasteiger partial charge in [-0.1, -0.05) is 29.3 Å². The van der Waals surface area contributed by atoms with Crippen molar-refractivity contribution in [3.05, 3.63) is 28.2 Å². The van der Waals surface area contributed by atoms with Gasteiger partial charge in [0.05, 0.1) is 21.7 Å². The molecule has 1 saturated carbocycles. The topological polar surface area (TPSA) is 12.0 Å². The van der Waals surface area contributed by atoms with E-state index in [2.05, 4.69) is 5.32 Å². The number of anilines is 1. The van der Waals surface area contributed by atoms with Crippen LogP contribution in [-0.4, -0.2) is 12.2 Å². The van der Waals surface area contributed by atoms with Gasteiger partial charge in [0.15, 0.2) is 0 Å². The smallest absolute Gasteiger partial charge is 0.381 e. The van der Waals surface area contributed by atoms with Crippen molar-refractivity contribution in [3.8, 4) is 0 Å². The third-order valence-electron chi connectivity index (χ3n) is 3.50. The highest BCUT2D eigenvalue weighted by atomic mass is 35.5. The van der Waals surface area contributed by atoms with Gasteiger partial charge >= 0.3 is 6.18 Å². The molecule has 1 aromatic carbocycles. The van der Waals surface area contributed by atoms with E-state index in [1.807, 2.05) is 0 Å². The average Bonchev–Trinajstić information content (AvgIpc) is 2.35. The Morgan fingerprint density at radius 2 is 1.68 bits per heavy atom. The maximum absolute atomic E-state index is 12.6. The van der Waals surface area contributed by atoms with E-state index in [0.29, 0.717) is 28.6 Å². The summed E-state index contributed by atoms with van der Waals surface area (Å²) in [5, 5.41) is 4.04. The van der Waals surface area contributed by atoms with E-state index >= 15 is 0 Å². The van der Waals surface area contributed by atoms with Crippen LogP contribution in [-0.2, 0) is 0 Å². The van der Waals surface area contributed by atoms with Gasteiger partial charge in [0.25, 0.3) is 0 Å². The van der Waals surface area contributed by atoms with Crippen molar-refractivity contribution >= 4 is 28.9 Å². The quantitative estimate of drug-likeness (QED) is 0.757. The molecule has 6 heteroatoms. The van der Waals surface area contributed by atoms with Crippen LogP contribution in [0, 0.1) is 5.92 Å². The SMILES string of the molecule is FC(F)(F)C1CCC(Nc2cccc(Cl)c2Cl)CC1. The van der Waals surface area contributed by atoms with E-state index in [1.54, 1.807) is 18.2 Å². The lowest BCUT2D eigenvalue weighted by atomic mass is 9.85. The summed E-state index contributed by atoms with van der Waals surface area (Å²) in [6.07, 6.45) is -2.75. The molecule has 0 spiro atoms. The second kappa shape index (κ2) is 5.80. The van der Waals surface area contributed by atoms with E-state index in [4.69, 9.17) is 23.2 Å². The molecule has 0 saturated heterocycles. The Morgan fingerprint density at radius 1 is 1.05 bits per heavy atom. The Bertz CT molecular complexity index is 440. The van der Waals surface area contributed by atoms with Gasteiger partial charge in [-0.25, -0.2) is 0 Å². The number of halogens is 5. The minimum absolute atomic E-state index is 0.0227. The summed E-state index contributed by atoms with van der Waals surface area (Å²) in [5.74, 6) is -1.17. The Kier molecular flexibility index (Phi) is 4.51. The van der Waals surface area contributed by atoms with E-state index in [9.17, 15) is 13.2 Å². The lowest BCUT2D eigenvalue weighted by Crippen LogP contribution is -2.32. The minimum atomic E-state index is -4.07. The Morgan fingerprint density at radius 3 is 2.26 bits per heavy atom. The molecule has 2 rings (SSSR count). The summed E-state index contributed by atoms with van der Waals surface area (Å²) in [7, 11) is 0. The zero-order chi connectivity index (χ0) is 14.0. The summed E-state index contributed by atoms with van der Waals surface area (Å²) in [6.45, 7) is 0. The number of nitrogens with one attached hydrogen (secondary N) is 1. The van der Waals surface area contributed by atoms with Crippen molar-refractivity contribution in [2.75, 3.05) is 5.32 Å². The van der Waals surface area contributed by atoms with Crippen LogP contribution in [0.5, 0.6) is 0 Å². The molecule has 1 aliphatic carbocycles. The van der Waals surface area contributed by atoms with E-state index < -0.39 is 12.1 Å². The van der Waals surface area contributed by atoms with Crippen molar-refractivity contribution in [2.45, 2.75) is 37.9 Å². The molecule has 19 heavy (non-hydrogen) atoms. The van der Waals surface area contributed by atoms with Crippen LogP contribution < -0.4 is 5.32 Å². The average molecular weight is 312 g/mol. The molecule has 1 aromatic rings. The number of hydrogen-bond donors (Lipinski definition) is 1. The van der Waals surface area contributed by atoms with Gasteiger partial charge < -0.3 is 5.32 Å². The number of benzene rings is 1. The van der Waals surface area contributed by atoms with Gasteiger partial charge in [0.1, 0.15) is 0 Å². The van der Waals surface area contributed by atoms with Crippen LogP contribution in [0.1, 0.15) is 25.7 Å². The first kappa shape index (κ1) is 14.8. The summed E-state index contributed by atoms with van der Waals surface area (Å²) in [4.78, 5) is 0. The maximum atomic E-state index is 12.6. The first-order valence-electron chi connectivity index (χ1n) is 6.15. The first-order chi connectivity index (χ1) is 8.88. The number of rotatable bonds is 2. The van der Waals surface area contributed by atoms with Crippen molar-refractivity contribution in [3.63, 3.8) is 0 Å². The molecular weight excluding hydrogens is 298 g/mol. The standard InChI is InChI=1S/C13H14Cl2F3N/c14-10-2-1-3-11(12(10)15)19-9-6-4-8(5-7-9)13(16,17)18/h1-3,8-9,19H,4-7H2. The molecular formula is C13H14Cl2F3N. The lowest BCUT2D eigenvalue weighted by Gasteiger charge is -2.31. The Hall–Kier alpha value is -0.610. The third kappa shape index (κ3) is 3.69. The molecule has 1 aliphatic rings. The van der Waals surface area contributed by atoms with Crippen LogP contribution in [0.25, 0.3) is 0 Å². The molecule has 0 amide bonds. The molecule has 0 heterocycles. The van der Waals surface area contributed by atoms with Crippen LogP contribution in [0.2, 0.25) is 10.0 Å². The van der Waals surface area contributed by atoms with Crippen molar-refractivity contribution in [1.82, 2.24) is 0 Å². The molecule has 106 valence electrons. The van der Waals surface area contributed by atoms with E-state index in [0.717, 1.165) is 0 Å². The van der Waals surface area contributed by atoms with Crippen LogP contribution in [0.4, 0.5) is 18.9 Å². The van der Waals surface area contributed by atoms with Crippen LogP contribution in [0.15, 0.2) is 18.2 Å². The molecule has 0 aliphatic heterocycles. The van der Waals surface area contributed by atoms with Gasteiger partial charge in [0.2, 0.25) is 0 Å². The summed E-state index contributed by atoms with van der Waals surface area (Å²) in [6, 6.07) is 5.24. The predicted molar refractivity (Wildman–Crippen MR) is 71.9 cm³/mol. The van der Waals surface area contributed by atoms with Crippen molar-refractivity contribution in [2.24, 2.45) is 5.92 Å². The zero-order valence-corrected chi connectivity index (χ0v) is 11.6. The zero-order valence-electron chi connectivity index (χ0n) is 10.1. The van der Waals surface area contributed by atoms with Crippen molar-refractivity contribution < 1.29 is 13.2 Å². The summed E-state index contributed by atoms with van der Waals surface area (Å²) >= 11 is 11.9. The Balaban J connectivity index is 1.94. The highest BCUT2D eigenvalue weighted by Crippen LogP contribution is 2.39. The van der Waals surface area contributed by atoms with E-state index in [1.165, 1.54) is 0 Å². The van der Waals surface area contributed by atoms with Gasteiger partial charge in [-0.3, -0.25) is 0 Å².